The third-order valence-electron chi connectivity index (χ3n) is 0.200. The number of halogens is 3. The van der Waals surface area contributed by atoms with Gasteiger partial charge in [-0.05, 0) is 0 Å². The van der Waals surface area contributed by atoms with E-state index in [1.807, 2.05) is 0 Å². The summed E-state index contributed by atoms with van der Waals surface area (Å²) in [6.07, 6.45) is 1.89. The number of rotatable bonds is 1. The first-order chi connectivity index (χ1) is 4.65. The molecule has 0 aliphatic carbocycles. The molecule has 0 saturated carbocycles. The fourth-order valence-corrected chi connectivity index (χ4v) is 0.0596. The molecule has 0 aromatic rings. The molecule has 4 nitrogen and oxygen atoms in total. The van der Waals surface area contributed by atoms with Gasteiger partial charge in [-0.1, -0.05) is 45.1 Å². The highest BCUT2D eigenvalue weighted by molar-refractivity contribution is 6.63. The van der Waals surface area contributed by atoms with Crippen LogP contribution in [0.25, 0.3) is 0 Å². The molecule has 0 aromatic carbocycles. The Morgan fingerprint density at radius 1 is 1.00 bits per heavy atom. The number of hydrogen-bond donors (Lipinski definition) is 2. The van der Waals surface area contributed by atoms with Crippen LogP contribution in [0.2, 0.25) is 0 Å². The van der Waals surface area contributed by atoms with E-state index in [1.165, 1.54) is 0 Å². The second-order valence-electron chi connectivity index (χ2n) is 0.777. The maximum Gasteiger partial charge on any atom is 0.180 e. The van der Waals surface area contributed by atoms with Crippen molar-refractivity contribution in [3.05, 3.63) is 0 Å². The van der Waals surface area contributed by atoms with Gasteiger partial charge in [-0.15, -0.1) is 0 Å². The molecule has 10 heavy (non-hydrogen) atoms. The van der Waals surface area contributed by atoms with Crippen molar-refractivity contribution >= 4 is 47.2 Å². The smallest absolute Gasteiger partial charge is 0.180 e. The van der Waals surface area contributed by atoms with E-state index >= 15 is 0 Å². The fourth-order valence-electron chi connectivity index (χ4n) is 0.0596. The van der Waals surface area contributed by atoms with Gasteiger partial charge >= 0.3 is 0 Å². The predicted octanol–water partition coefficient (Wildman–Crippen LogP) is 1.89. The van der Waals surface area contributed by atoms with Crippen LogP contribution in [-0.4, -0.2) is 27.1 Å². The molecule has 0 bridgehead atoms. The number of alkyl halides is 3. The van der Waals surface area contributed by atoms with Gasteiger partial charge in [-0.2, -0.15) is 0 Å². The Bertz CT molecular complexity index is 93.2. The maximum absolute atomic E-state index is 7.56. The fraction of sp³-hybridized carbons (Fsp3) is 0.333. The maximum atomic E-state index is 7.56. The summed E-state index contributed by atoms with van der Waals surface area (Å²) in [7, 11) is 0. The Labute approximate surface area is 72.7 Å². The average molecular weight is 207 g/mol. The van der Waals surface area contributed by atoms with E-state index in [2.05, 4.69) is 10.3 Å². The SMILES string of the molecule is ClC(Cl)Cl.ON=CC=NO. The molecular formula is C3H5Cl3N2O2. The lowest BCUT2D eigenvalue weighted by atomic mass is 10.8. The molecule has 0 aliphatic rings. The predicted molar refractivity (Wildman–Crippen MR) is 41.9 cm³/mol. The monoisotopic (exact) mass is 206 g/mol. The highest BCUT2D eigenvalue weighted by Gasteiger charge is 1.78. The van der Waals surface area contributed by atoms with Gasteiger partial charge in [0.05, 0.1) is 12.4 Å². The normalized spacial score (nSPS) is 10.4. The van der Waals surface area contributed by atoms with Crippen molar-refractivity contribution in [2.75, 3.05) is 0 Å². The zero-order valence-corrected chi connectivity index (χ0v) is 6.92. The van der Waals surface area contributed by atoms with Crippen molar-refractivity contribution in [2.45, 2.75) is 4.30 Å². The van der Waals surface area contributed by atoms with Gasteiger partial charge in [0.15, 0.2) is 4.30 Å². The molecule has 7 heteroatoms. The van der Waals surface area contributed by atoms with Gasteiger partial charge in [0.25, 0.3) is 0 Å². The standard InChI is InChI=1S/C2H4N2O2.CHCl3/c5-3-1-2-4-6;2-1(3)4/h1-2,5-6H;1H. The summed E-state index contributed by atoms with van der Waals surface area (Å²) in [5.41, 5.74) is 0. The van der Waals surface area contributed by atoms with Gasteiger partial charge < -0.3 is 10.4 Å². The van der Waals surface area contributed by atoms with Crippen molar-refractivity contribution in [1.29, 1.82) is 0 Å². The number of nitrogens with zero attached hydrogens (tertiary/aromatic N) is 2. The van der Waals surface area contributed by atoms with Crippen molar-refractivity contribution < 1.29 is 10.4 Å². The third-order valence-corrected chi connectivity index (χ3v) is 0.200. The molecule has 0 aromatic heterocycles. The Hall–Kier alpha value is -0.190. The summed E-state index contributed by atoms with van der Waals surface area (Å²) < 4.78 is -0.750. The molecule has 0 rings (SSSR count). The lowest BCUT2D eigenvalue weighted by molar-refractivity contribution is 0.317. The van der Waals surface area contributed by atoms with E-state index in [0.717, 1.165) is 12.4 Å². The number of hydrogen-bond acceptors (Lipinski definition) is 4. The first-order valence-corrected chi connectivity index (χ1v) is 3.21. The quantitative estimate of drug-likeness (QED) is 0.298. The minimum Gasteiger partial charge on any atom is -0.411 e. The van der Waals surface area contributed by atoms with E-state index in [1.54, 1.807) is 0 Å². The molecule has 0 heterocycles. The lowest BCUT2D eigenvalue weighted by Gasteiger charge is -1.69. The molecule has 0 radical (unpaired) electrons. The molecule has 0 amide bonds. The van der Waals surface area contributed by atoms with Gasteiger partial charge in [0, 0.05) is 0 Å². The van der Waals surface area contributed by atoms with E-state index in [4.69, 9.17) is 45.2 Å². The zero-order chi connectivity index (χ0) is 8.41. The van der Waals surface area contributed by atoms with Crippen LogP contribution in [0, 0.1) is 0 Å². The van der Waals surface area contributed by atoms with E-state index in [-0.39, 0.29) is 0 Å². The van der Waals surface area contributed by atoms with Crippen LogP contribution in [0.1, 0.15) is 0 Å². The Balaban J connectivity index is 0. The van der Waals surface area contributed by atoms with Gasteiger partial charge in [-0.25, -0.2) is 0 Å². The second-order valence-corrected chi connectivity index (χ2v) is 2.76. The van der Waals surface area contributed by atoms with Crippen LogP contribution < -0.4 is 0 Å². The average Bonchev–Trinajstić information content (AvgIpc) is 1.82. The van der Waals surface area contributed by atoms with Crippen LogP contribution in [0.4, 0.5) is 0 Å². The molecule has 0 saturated heterocycles. The molecule has 0 aliphatic heterocycles. The first kappa shape index (κ1) is 12.5. The van der Waals surface area contributed by atoms with E-state index < -0.39 is 4.30 Å². The topological polar surface area (TPSA) is 65.2 Å². The summed E-state index contributed by atoms with van der Waals surface area (Å²) in [4.78, 5) is 0. The summed E-state index contributed by atoms with van der Waals surface area (Å²) in [6.45, 7) is 0. The van der Waals surface area contributed by atoms with Crippen molar-refractivity contribution in [3.63, 3.8) is 0 Å². The van der Waals surface area contributed by atoms with Crippen LogP contribution >= 0.6 is 34.8 Å². The number of oxime groups is 2. The minimum atomic E-state index is -0.750. The Morgan fingerprint density at radius 3 is 1.30 bits per heavy atom. The van der Waals surface area contributed by atoms with Gasteiger partial charge in [0.2, 0.25) is 0 Å². The summed E-state index contributed by atoms with van der Waals surface area (Å²) in [6, 6.07) is 0. The third kappa shape index (κ3) is 45.9. The molecule has 0 unspecified atom stereocenters. The van der Waals surface area contributed by atoms with Crippen LogP contribution in [0.5, 0.6) is 0 Å². The first-order valence-electron chi connectivity index (χ1n) is 1.90. The summed E-state index contributed by atoms with van der Waals surface area (Å²) >= 11 is 14.4. The van der Waals surface area contributed by atoms with Crippen molar-refractivity contribution in [2.24, 2.45) is 10.3 Å². The van der Waals surface area contributed by atoms with Crippen molar-refractivity contribution in [1.82, 2.24) is 0 Å². The Kier molecular flexibility index (Phi) is 14.5. The van der Waals surface area contributed by atoms with Gasteiger partial charge in [0.1, 0.15) is 0 Å². The van der Waals surface area contributed by atoms with Crippen molar-refractivity contribution in [3.8, 4) is 0 Å². The van der Waals surface area contributed by atoms with Crippen LogP contribution in [0.15, 0.2) is 10.3 Å². The lowest BCUT2D eigenvalue weighted by Crippen LogP contribution is -1.70. The van der Waals surface area contributed by atoms with E-state index in [0.29, 0.717) is 0 Å². The molecule has 0 spiro atoms. The highest BCUT2D eigenvalue weighted by Crippen LogP contribution is 2.03. The molecular weight excluding hydrogens is 202 g/mol. The Morgan fingerprint density at radius 2 is 1.20 bits per heavy atom. The van der Waals surface area contributed by atoms with Crippen LogP contribution in [-0.2, 0) is 0 Å². The molecule has 0 fully saturated rings. The molecule has 0 atom stereocenters. The zero-order valence-electron chi connectivity index (χ0n) is 4.65. The summed E-state index contributed by atoms with van der Waals surface area (Å²) in [5.74, 6) is 0. The highest BCUT2D eigenvalue weighted by atomic mass is 35.6. The summed E-state index contributed by atoms with van der Waals surface area (Å²) in [5, 5.41) is 20.1. The van der Waals surface area contributed by atoms with Gasteiger partial charge in [-0.3, -0.25) is 0 Å². The molecule has 60 valence electrons. The van der Waals surface area contributed by atoms with E-state index in [9.17, 15) is 0 Å². The van der Waals surface area contributed by atoms with Crippen LogP contribution in [0.3, 0.4) is 0 Å². The molecule has 2 N–H and O–H groups in total. The minimum absolute atomic E-state index is 0.750. The second kappa shape index (κ2) is 11.6. The largest absolute Gasteiger partial charge is 0.411 e.